The lowest BCUT2D eigenvalue weighted by Crippen LogP contribution is -2.33. The van der Waals surface area contributed by atoms with E-state index in [-0.39, 0.29) is 11.9 Å². The molecule has 1 amide bonds. The van der Waals surface area contributed by atoms with Crippen LogP contribution in [0, 0.1) is 0 Å². The van der Waals surface area contributed by atoms with E-state index in [4.69, 9.17) is 9.26 Å². The Morgan fingerprint density at radius 3 is 3.05 bits per heavy atom. The molecule has 3 rings (SSSR count). The SMILES string of the molecule is CC[C@H](C)NC(=O)c1noc2c1COc1ccccc1-2. The van der Waals surface area contributed by atoms with Crippen LogP contribution >= 0.6 is 0 Å². The van der Waals surface area contributed by atoms with E-state index < -0.39 is 0 Å². The summed E-state index contributed by atoms with van der Waals surface area (Å²) in [6.07, 6.45) is 0.866. The van der Waals surface area contributed by atoms with Crippen molar-refractivity contribution in [1.29, 1.82) is 0 Å². The van der Waals surface area contributed by atoms with Crippen LogP contribution in [0.3, 0.4) is 0 Å². The molecule has 0 aliphatic carbocycles. The molecule has 0 fully saturated rings. The summed E-state index contributed by atoms with van der Waals surface area (Å²) in [5, 5.41) is 6.81. The molecule has 104 valence electrons. The van der Waals surface area contributed by atoms with Gasteiger partial charge in [-0.3, -0.25) is 4.79 Å². The number of nitrogens with zero attached hydrogens (tertiary/aromatic N) is 1. The van der Waals surface area contributed by atoms with Gasteiger partial charge in [-0.15, -0.1) is 0 Å². The van der Waals surface area contributed by atoms with Crippen molar-refractivity contribution in [3.05, 3.63) is 35.5 Å². The lowest BCUT2D eigenvalue weighted by Gasteiger charge is -2.16. The summed E-state index contributed by atoms with van der Waals surface area (Å²) < 4.78 is 11.0. The molecule has 0 spiro atoms. The molecule has 0 bridgehead atoms. The fraction of sp³-hybridized carbons (Fsp3) is 0.333. The molecule has 0 unspecified atom stereocenters. The van der Waals surface area contributed by atoms with Crippen LogP contribution in [0.4, 0.5) is 0 Å². The van der Waals surface area contributed by atoms with Crippen molar-refractivity contribution in [3.8, 4) is 17.1 Å². The number of ether oxygens (including phenoxy) is 1. The van der Waals surface area contributed by atoms with Crippen molar-refractivity contribution in [3.63, 3.8) is 0 Å². The summed E-state index contributed by atoms with van der Waals surface area (Å²) in [6, 6.07) is 7.68. The molecule has 1 atom stereocenters. The molecule has 0 saturated heterocycles. The Morgan fingerprint density at radius 2 is 2.25 bits per heavy atom. The van der Waals surface area contributed by atoms with Gasteiger partial charge in [0.2, 0.25) is 0 Å². The lowest BCUT2D eigenvalue weighted by atomic mass is 10.0. The second-order valence-electron chi connectivity index (χ2n) is 4.91. The third-order valence-electron chi connectivity index (χ3n) is 3.50. The Labute approximate surface area is 116 Å². The minimum atomic E-state index is -0.215. The molecule has 1 aliphatic heterocycles. The topological polar surface area (TPSA) is 64.4 Å². The fourth-order valence-corrected chi connectivity index (χ4v) is 2.16. The first-order valence-electron chi connectivity index (χ1n) is 6.72. The first-order chi connectivity index (χ1) is 9.70. The van der Waals surface area contributed by atoms with Crippen LogP contribution < -0.4 is 10.1 Å². The van der Waals surface area contributed by atoms with Crippen molar-refractivity contribution in [1.82, 2.24) is 10.5 Å². The lowest BCUT2D eigenvalue weighted by molar-refractivity contribution is 0.0928. The van der Waals surface area contributed by atoms with E-state index in [1.54, 1.807) is 0 Å². The van der Waals surface area contributed by atoms with Crippen LogP contribution in [-0.2, 0) is 6.61 Å². The van der Waals surface area contributed by atoms with Gasteiger partial charge in [0.1, 0.15) is 12.4 Å². The number of fused-ring (bicyclic) bond motifs is 3. The molecule has 20 heavy (non-hydrogen) atoms. The van der Waals surface area contributed by atoms with Gasteiger partial charge in [-0.1, -0.05) is 24.2 Å². The first-order valence-corrected chi connectivity index (χ1v) is 6.72. The summed E-state index contributed by atoms with van der Waals surface area (Å²) in [5.41, 5.74) is 1.86. The number of carbonyl (C=O) groups is 1. The summed E-state index contributed by atoms with van der Waals surface area (Å²) in [5.74, 6) is 1.17. The monoisotopic (exact) mass is 272 g/mol. The number of carbonyl (C=O) groups excluding carboxylic acids is 1. The number of amides is 1. The van der Waals surface area contributed by atoms with E-state index >= 15 is 0 Å². The van der Waals surface area contributed by atoms with Crippen molar-refractivity contribution < 1.29 is 14.1 Å². The number of rotatable bonds is 3. The largest absolute Gasteiger partial charge is 0.488 e. The molecule has 2 heterocycles. The summed E-state index contributed by atoms with van der Waals surface area (Å²) in [4.78, 5) is 12.2. The normalized spacial score (nSPS) is 13.9. The Bertz CT molecular complexity index is 648. The van der Waals surface area contributed by atoms with E-state index in [9.17, 15) is 4.79 Å². The minimum absolute atomic E-state index is 0.103. The van der Waals surface area contributed by atoms with Crippen LogP contribution in [0.1, 0.15) is 36.3 Å². The number of hydrogen-bond donors (Lipinski definition) is 1. The smallest absolute Gasteiger partial charge is 0.274 e. The van der Waals surface area contributed by atoms with Crippen molar-refractivity contribution >= 4 is 5.91 Å². The predicted octanol–water partition coefficient (Wildman–Crippen LogP) is 2.76. The fourth-order valence-electron chi connectivity index (χ4n) is 2.16. The molecule has 5 heteroatoms. The van der Waals surface area contributed by atoms with Crippen LogP contribution in [0.5, 0.6) is 5.75 Å². The molecule has 1 aliphatic rings. The van der Waals surface area contributed by atoms with Crippen LogP contribution in [-0.4, -0.2) is 17.1 Å². The highest BCUT2D eigenvalue weighted by atomic mass is 16.5. The van der Waals surface area contributed by atoms with Gasteiger partial charge >= 0.3 is 0 Å². The molecule has 1 aromatic heterocycles. The number of nitrogens with one attached hydrogen (secondary N) is 1. The highest BCUT2D eigenvalue weighted by Crippen LogP contribution is 2.38. The predicted molar refractivity (Wildman–Crippen MR) is 73.5 cm³/mol. The van der Waals surface area contributed by atoms with Gasteiger partial charge < -0.3 is 14.6 Å². The third kappa shape index (κ3) is 2.05. The van der Waals surface area contributed by atoms with E-state index in [1.807, 2.05) is 38.1 Å². The van der Waals surface area contributed by atoms with Gasteiger partial charge in [0, 0.05) is 6.04 Å². The zero-order valence-corrected chi connectivity index (χ0v) is 11.5. The zero-order valence-electron chi connectivity index (χ0n) is 11.5. The zero-order chi connectivity index (χ0) is 14.1. The van der Waals surface area contributed by atoms with Crippen LogP contribution in [0.2, 0.25) is 0 Å². The van der Waals surface area contributed by atoms with Gasteiger partial charge in [0.25, 0.3) is 5.91 Å². The molecule has 2 aromatic rings. The Hall–Kier alpha value is -2.30. The number of benzene rings is 1. The van der Waals surface area contributed by atoms with Gasteiger partial charge in [-0.25, -0.2) is 0 Å². The molecular formula is C15H16N2O3. The van der Waals surface area contributed by atoms with Gasteiger partial charge in [0.15, 0.2) is 11.5 Å². The highest BCUT2D eigenvalue weighted by Gasteiger charge is 2.28. The van der Waals surface area contributed by atoms with Gasteiger partial charge in [-0.2, -0.15) is 0 Å². The molecule has 1 aromatic carbocycles. The van der Waals surface area contributed by atoms with E-state index in [2.05, 4.69) is 10.5 Å². The van der Waals surface area contributed by atoms with Crippen molar-refractivity contribution in [2.24, 2.45) is 0 Å². The average molecular weight is 272 g/mol. The van der Waals surface area contributed by atoms with Crippen LogP contribution in [0.25, 0.3) is 11.3 Å². The van der Waals surface area contributed by atoms with E-state index in [1.165, 1.54) is 0 Å². The maximum Gasteiger partial charge on any atom is 0.274 e. The number of hydrogen-bond acceptors (Lipinski definition) is 4. The Balaban J connectivity index is 1.95. The molecular weight excluding hydrogens is 256 g/mol. The highest BCUT2D eigenvalue weighted by molar-refractivity contribution is 5.95. The molecule has 1 N–H and O–H groups in total. The average Bonchev–Trinajstić information content (AvgIpc) is 2.91. The van der Waals surface area contributed by atoms with E-state index in [0.29, 0.717) is 23.6 Å². The molecule has 0 saturated carbocycles. The second kappa shape index (κ2) is 5.00. The number of para-hydroxylation sites is 1. The Kier molecular flexibility index (Phi) is 3.18. The van der Waals surface area contributed by atoms with E-state index in [0.717, 1.165) is 17.7 Å². The quantitative estimate of drug-likeness (QED) is 0.933. The standard InChI is InChI=1S/C15H16N2O3/c1-3-9(2)16-15(18)13-11-8-19-12-7-5-4-6-10(12)14(11)20-17-13/h4-7,9H,3,8H2,1-2H3,(H,16,18)/t9-/m0/s1. The maximum atomic E-state index is 12.2. The summed E-state index contributed by atoms with van der Waals surface area (Å²) in [7, 11) is 0. The second-order valence-corrected chi connectivity index (χ2v) is 4.91. The third-order valence-corrected chi connectivity index (χ3v) is 3.50. The van der Waals surface area contributed by atoms with Gasteiger partial charge in [-0.05, 0) is 25.5 Å². The Morgan fingerprint density at radius 1 is 1.45 bits per heavy atom. The maximum absolute atomic E-state index is 12.2. The summed E-state index contributed by atoms with van der Waals surface area (Å²) >= 11 is 0. The summed E-state index contributed by atoms with van der Waals surface area (Å²) in [6.45, 7) is 4.28. The molecule has 5 nitrogen and oxygen atoms in total. The molecule has 0 radical (unpaired) electrons. The van der Waals surface area contributed by atoms with Crippen molar-refractivity contribution in [2.45, 2.75) is 32.9 Å². The van der Waals surface area contributed by atoms with Crippen LogP contribution in [0.15, 0.2) is 28.8 Å². The minimum Gasteiger partial charge on any atom is -0.488 e. The van der Waals surface area contributed by atoms with Gasteiger partial charge in [0.05, 0.1) is 11.1 Å². The first kappa shape index (κ1) is 12.7. The number of aromatic nitrogens is 1. The van der Waals surface area contributed by atoms with Crippen molar-refractivity contribution in [2.75, 3.05) is 0 Å².